The number of halogens is 2. The number of benzene rings is 2. The van der Waals surface area contributed by atoms with Crippen LogP contribution in [0.5, 0.6) is 0 Å². The monoisotopic (exact) mass is 427 g/mol. The first-order chi connectivity index (χ1) is 14.5. The summed E-state index contributed by atoms with van der Waals surface area (Å²) in [7, 11) is 1.71. The number of hydroxylamine groups is 1. The van der Waals surface area contributed by atoms with Crippen molar-refractivity contribution >= 4 is 28.6 Å². The predicted molar refractivity (Wildman–Crippen MR) is 105 cm³/mol. The minimum atomic E-state index is -1.01. The van der Waals surface area contributed by atoms with Crippen molar-refractivity contribution in [1.29, 1.82) is 0 Å². The van der Waals surface area contributed by atoms with Crippen LogP contribution in [0.4, 0.5) is 8.78 Å². The molecule has 4 aromatic rings. The first-order valence-electron chi connectivity index (χ1n) is 8.80. The third kappa shape index (κ3) is 3.74. The van der Waals surface area contributed by atoms with Crippen LogP contribution in [0.1, 0.15) is 21.7 Å². The maximum Gasteiger partial charge on any atom is 0.274 e. The Morgan fingerprint density at radius 1 is 1.17 bits per heavy atom. The van der Waals surface area contributed by atoms with E-state index in [1.54, 1.807) is 17.8 Å². The number of hydrogen-bond acceptors (Lipinski definition) is 6. The molecule has 0 saturated carbocycles. The Balaban J connectivity index is 1.62. The van der Waals surface area contributed by atoms with Gasteiger partial charge in [-0.25, -0.2) is 14.3 Å². The molecule has 2 heterocycles. The fourth-order valence-electron chi connectivity index (χ4n) is 3.01. The van der Waals surface area contributed by atoms with Gasteiger partial charge in [-0.15, -0.1) is 10.2 Å². The van der Waals surface area contributed by atoms with Crippen LogP contribution in [0.15, 0.2) is 58.7 Å². The van der Waals surface area contributed by atoms with E-state index in [1.165, 1.54) is 5.48 Å². The number of hydrogen-bond donors (Lipinski definition) is 2. The maximum atomic E-state index is 14.4. The molecule has 0 spiro atoms. The van der Waals surface area contributed by atoms with Gasteiger partial charge in [-0.3, -0.25) is 15.0 Å². The van der Waals surface area contributed by atoms with E-state index >= 15 is 0 Å². The van der Waals surface area contributed by atoms with Gasteiger partial charge in [-0.2, -0.15) is 0 Å². The van der Waals surface area contributed by atoms with Crippen LogP contribution in [-0.2, 0) is 13.5 Å². The molecule has 0 saturated heterocycles. The van der Waals surface area contributed by atoms with E-state index in [1.807, 2.05) is 30.3 Å². The van der Waals surface area contributed by atoms with E-state index < -0.39 is 17.5 Å². The summed E-state index contributed by atoms with van der Waals surface area (Å²) in [5.74, 6) is -2.29. The van der Waals surface area contributed by atoms with Gasteiger partial charge in [-0.1, -0.05) is 24.3 Å². The Morgan fingerprint density at radius 3 is 2.63 bits per heavy atom. The normalized spacial score (nSPS) is 11.1. The molecule has 7 nitrogen and oxygen atoms in total. The van der Waals surface area contributed by atoms with Crippen LogP contribution in [-0.4, -0.2) is 30.9 Å². The minimum Gasteiger partial charge on any atom is -0.309 e. The van der Waals surface area contributed by atoms with Gasteiger partial charge < -0.3 is 4.57 Å². The van der Waals surface area contributed by atoms with Gasteiger partial charge in [0.1, 0.15) is 17.5 Å². The number of rotatable bonds is 5. The number of amides is 1. The standard InChI is InChI=1S/C20H15F2N5O2S/c1-27-16(10-12-5-2-4-11-6-3-7-23-17(11)12)24-25-20(27)30-18-14(21)8-13(9-15(18)22)19(28)26-29/h2-9,29H,10H2,1H3,(H,26,28). The van der Waals surface area contributed by atoms with E-state index in [9.17, 15) is 13.6 Å². The predicted octanol–water partition coefficient (Wildman–Crippen LogP) is 3.50. The molecule has 10 heteroatoms. The lowest BCUT2D eigenvalue weighted by Gasteiger charge is -2.08. The molecular weight excluding hydrogens is 412 g/mol. The molecule has 0 aliphatic heterocycles. The van der Waals surface area contributed by atoms with Crippen molar-refractivity contribution in [2.45, 2.75) is 16.5 Å². The average Bonchev–Trinajstić information content (AvgIpc) is 3.09. The Bertz CT molecular complexity index is 1230. The van der Waals surface area contributed by atoms with Gasteiger partial charge in [-0.05, 0) is 35.5 Å². The summed E-state index contributed by atoms with van der Waals surface area (Å²) in [6.45, 7) is 0. The highest BCUT2D eigenvalue weighted by Crippen LogP contribution is 2.32. The fourth-order valence-corrected chi connectivity index (χ4v) is 3.83. The molecule has 0 radical (unpaired) electrons. The van der Waals surface area contributed by atoms with Crippen LogP contribution in [0.25, 0.3) is 10.9 Å². The second kappa shape index (κ2) is 8.17. The van der Waals surface area contributed by atoms with Gasteiger partial charge in [0, 0.05) is 30.6 Å². The number of nitrogens with one attached hydrogen (secondary N) is 1. The zero-order valence-electron chi connectivity index (χ0n) is 15.6. The Morgan fingerprint density at radius 2 is 1.90 bits per heavy atom. The molecule has 4 rings (SSSR count). The van der Waals surface area contributed by atoms with Crippen molar-refractivity contribution < 1.29 is 18.8 Å². The number of pyridine rings is 1. The number of para-hydroxylation sites is 1. The summed E-state index contributed by atoms with van der Waals surface area (Å²) in [5.41, 5.74) is 2.82. The number of fused-ring (bicyclic) bond motifs is 1. The fraction of sp³-hybridized carbons (Fsp3) is 0.100. The summed E-state index contributed by atoms with van der Waals surface area (Å²) >= 11 is 0.760. The Kier molecular flexibility index (Phi) is 5.42. The van der Waals surface area contributed by atoms with Gasteiger partial charge in [0.2, 0.25) is 0 Å². The van der Waals surface area contributed by atoms with Crippen LogP contribution < -0.4 is 5.48 Å². The topological polar surface area (TPSA) is 92.9 Å². The zero-order valence-corrected chi connectivity index (χ0v) is 16.5. The number of nitrogens with zero attached hydrogens (tertiary/aromatic N) is 4. The van der Waals surface area contributed by atoms with Crippen molar-refractivity contribution in [2.75, 3.05) is 0 Å². The lowest BCUT2D eigenvalue weighted by molar-refractivity contribution is 0.0705. The molecule has 2 aromatic heterocycles. The molecular formula is C20H15F2N5O2S. The third-order valence-corrected chi connectivity index (χ3v) is 5.68. The molecule has 30 heavy (non-hydrogen) atoms. The van der Waals surface area contributed by atoms with Gasteiger partial charge >= 0.3 is 0 Å². The molecule has 0 aliphatic rings. The summed E-state index contributed by atoms with van der Waals surface area (Å²) in [5, 5.41) is 18.1. The molecule has 2 aromatic carbocycles. The second-order valence-electron chi connectivity index (χ2n) is 6.44. The van der Waals surface area contributed by atoms with Gasteiger partial charge in [0.05, 0.1) is 10.4 Å². The Hall–Kier alpha value is -3.37. The largest absolute Gasteiger partial charge is 0.309 e. The van der Waals surface area contributed by atoms with Crippen LogP contribution >= 0.6 is 11.8 Å². The van der Waals surface area contributed by atoms with Crippen LogP contribution in [0.3, 0.4) is 0 Å². The van der Waals surface area contributed by atoms with E-state index in [0.29, 0.717) is 12.2 Å². The quantitative estimate of drug-likeness (QED) is 0.374. The second-order valence-corrected chi connectivity index (χ2v) is 7.42. The highest BCUT2D eigenvalue weighted by Gasteiger charge is 2.19. The molecule has 0 fully saturated rings. The number of carbonyl (C=O) groups is 1. The SMILES string of the molecule is Cn1c(Cc2cccc3cccnc23)nnc1Sc1c(F)cc(C(=O)NO)cc1F. The van der Waals surface area contributed by atoms with Crippen LogP contribution in [0.2, 0.25) is 0 Å². The van der Waals surface area contributed by atoms with Crippen molar-refractivity contribution in [1.82, 2.24) is 25.2 Å². The molecule has 0 bridgehead atoms. The van der Waals surface area contributed by atoms with E-state index in [-0.39, 0.29) is 15.6 Å². The highest BCUT2D eigenvalue weighted by atomic mass is 32.2. The number of aromatic nitrogens is 4. The number of carbonyl (C=O) groups excluding carboxylic acids is 1. The molecule has 0 unspecified atom stereocenters. The van der Waals surface area contributed by atoms with Gasteiger partial charge in [0.15, 0.2) is 5.16 Å². The molecule has 0 atom stereocenters. The van der Waals surface area contributed by atoms with Crippen molar-refractivity contribution in [3.05, 3.63) is 77.2 Å². The zero-order chi connectivity index (χ0) is 21.3. The van der Waals surface area contributed by atoms with Crippen molar-refractivity contribution in [2.24, 2.45) is 7.05 Å². The summed E-state index contributed by atoms with van der Waals surface area (Å²) in [6.07, 6.45) is 2.16. The van der Waals surface area contributed by atoms with Crippen LogP contribution in [0, 0.1) is 11.6 Å². The molecule has 152 valence electrons. The first-order valence-corrected chi connectivity index (χ1v) is 9.62. The van der Waals surface area contributed by atoms with E-state index in [0.717, 1.165) is 40.4 Å². The minimum absolute atomic E-state index is 0.287. The third-order valence-electron chi connectivity index (χ3n) is 4.55. The lowest BCUT2D eigenvalue weighted by atomic mass is 10.1. The highest BCUT2D eigenvalue weighted by molar-refractivity contribution is 7.99. The van der Waals surface area contributed by atoms with E-state index in [2.05, 4.69) is 15.2 Å². The van der Waals surface area contributed by atoms with Crippen molar-refractivity contribution in [3.63, 3.8) is 0 Å². The Labute approximate surface area is 173 Å². The molecule has 0 aliphatic carbocycles. The first kappa shape index (κ1) is 19.9. The smallest absolute Gasteiger partial charge is 0.274 e. The molecule has 2 N–H and O–H groups in total. The maximum absolute atomic E-state index is 14.4. The molecule has 1 amide bonds. The van der Waals surface area contributed by atoms with Gasteiger partial charge in [0.25, 0.3) is 5.91 Å². The van der Waals surface area contributed by atoms with Crippen molar-refractivity contribution in [3.8, 4) is 0 Å². The lowest BCUT2D eigenvalue weighted by Crippen LogP contribution is -2.19. The summed E-state index contributed by atoms with van der Waals surface area (Å²) < 4.78 is 30.4. The average molecular weight is 427 g/mol. The summed E-state index contributed by atoms with van der Waals surface area (Å²) in [6, 6.07) is 11.4. The summed E-state index contributed by atoms with van der Waals surface area (Å²) in [4.78, 5) is 15.5. The van der Waals surface area contributed by atoms with E-state index in [4.69, 9.17) is 5.21 Å².